The lowest BCUT2D eigenvalue weighted by Gasteiger charge is -2.14. The van der Waals surface area contributed by atoms with Crippen LogP contribution in [0.3, 0.4) is 0 Å². The van der Waals surface area contributed by atoms with E-state index >= 15 is 0 Å². The van der Waals surface area contributed by atoms with Crippen molar-refractivity contribution in [1.29, 1.82) is 0 Å². The molecule has 3 heteroatoms. The molecule has 0 spiro atoms. The Bertz CT molecular complexity index is 453. The van der Waals surface area contributed by atoms with Crippen molar-refractivity contribution in [2.45, 2.75) is 34.1 Å². The summed E-state index contributed by atoms with van der Waals surface area (Å²) in [6, 6.07) is 6.09. The maximum absolute atomic E-state index is 5.64. The zero-order valence-electron chi connectivity index (χ0n) is 14.0. The van der Waals surface area contributed by atoms with E-state index in [1.54, 1.807) is 7.11 Å². The van der Waals surface area contributed by atoms with Gasteiger partial charge in [-0.25, -0.2) is 0 Å². The zero-order valence-corrected chi connectivity index (χ0v) is 14.0. The van der Waals surface area contributed by atoms with Crippen molar-refractivity contribution in [3.05, 3.63) is 29.3 Å². The molecule has 0 aromatic heterocycles. The van der Waals surface area contributed by atoms with Gasteiger partial charge in [-0.3, -0.25) is 0 Å². The van der Waals surface area contributed by atoms with Gasteiger partial charge in [0.25, 0.3) is 0 Å². The molecule has 3 nitrogen and oxygen atoms in total. The van der Waals surface area contributed by atoms with Crippen LogP contribution in [0.15, 0.2) is 23.8 Å². The summed E-state index contributed by atoms with van der Waals surface area (Å²) in [7, 11) is 1.67. The van der Waals surface area contributed by atoms with Crippen LogP contribution >= 0.6 is 0 Å². The first-order valence-electron chi connectivity index (χ1n) is 7.84. The lowest BCUT2D eigenvalue weighted by Crippen LogP contribution is -2.19. The molecular formula is C18H29NO2. The van der Waals surface area contributed by atoms with Crippen LogP contribution in [-0.4, -0.2) is 26.8 Å². The number of hydrogen-bond donors (Lipinski definition) is 1. The van der Waals surface area contributed by atoms with Gasteiger partial charge in [0.15, 0.2) is 11.5 Å². The second-order valence-electron chi connectivity index (χ2n) is 5.39. The predicted octanol–water partition coefficient (Wildman–Crippen LogP) is 4.13. The second kappa shape index (κ2) is 9.46. The van der Waals surface area contributed by atoms with Gasteiger partial charge in [-0.05, 0) is 43.5 Å². The molecule has 0 saturated heterocycles. The molecule has 118 valence electrons. The van der Waals surface area contributed by atoms with Crippen molar-refractivity contribution < 1.29 is 9.47 Å². The van der Waals surface area contributed by atoms with Crippen LogP contribution in [0.1, 0.15) is 39.7 Å². The molecule has 0 fully saturated rings. The molecule has 0 aliphatic heterocycles. The standard InChI is InChI=1S/C18H29NO2/c1-6-10-19-13-16(14(3)4)11-15-8-9-17(20-5)18(12-15)21-7-2/h8-9,11-12,14,19H,6-7,10,13H2,1-5H3. The SMILES string of the molecule is CCCNCC(=Cc1ccc(OC)c(OCC)c1)C(C)C. The van der Waals surface area contributed by atoms with Crippen LogP contribution in [-0.2, 0) is 0 Å². The lowest BCUT2D eigenvalue weighted by atomic mass is 10.00. The number of ether oxygens (including phenoxy) is 2. The maximum atomic E-state index is 5.64. The first-order valence-corrected chi connectivity index (χ1v) is 7.84. The van der Waals surface area contributed by atoms with Gasteiger partial charge in [0, 0.05) is 6.54 Å². The van der Waals surface area contributed by atoms with E-state index in [9.17, 15) is 0 Å². The Hall–Kier alpha value is -1.48. The molecule has 21 heavy (non-hydrogen) atoms. The Morgan fingerprint density at radius 2 is 2.00 bits per heavy atom. The predicted molar refractivity (Wildman–Crippen MR) is 90.1 cm³/mol. The maximum Gasteiger partial charge on any atom is 0.161 e. The number of hydrogen-bond acceptors (Lipinski definition) is 3. The third-order valence-electron chi connectivity index (χ3n) is 3.34. The minimum absolute atomic E-state index is 0.520. The average Bonchev–Trinajstić information content (AvgIpc) is 2.47. The summed E-state index contributed by atoms with van der Waals surface area (Å²) in [6.45, 7) is 11.2. The summed E-state index contributed by atoms with van der Waals surface area (Å²) >= 11 is 0. The van der Waals surface area contributed by atoms with Crippen molar-refractivity contribution in [3.63, 3.8) is 0 Å². The Morgan fingerprint density at radius 3 is 2.57 bits per heavy atom. The summed E-state index contributed by atoms with van der Waals surface area (Å²) in [5.41, 5.74) is 2.55. The fourth-order valence-electron chi connectivity index (χ4n) is 2.10. The molecule has 0 aliphatic rings. The van der Waals surface area contributed by atoms with Gasteiger partial charge in [-0.15, -0.1) is 0 Å². The van der Waals surface area contributed by atoms with Gasteiger partial charge in [-0.2, -0.15) is 0 Å². The molecule has 0 aliphatic carbocycles. The van der Waals surface area contributed by atoms with Gasteiger partial charge in [0.1, 0.15) is 0 Å². The highest BCUT2D eigenvalue weighted by molar-refractivity contribution is 5.58. The number of rotatable bonds is 9. The Kier molecular flexibility index (Phi) is 7.91. The van der Waals surface area contributed by atoms with Crippen LogP contribution in [0.2, 0.25) is 0 Å². The second-order valence-corrected chi connectivity index (χ2v) is 5.39. The van der Waals surface area contributed by atoms with E-state index in [4.69, 9.17) is 9.47 Å². The summed E-state index contributed by atoms with van der Waals surface area (Å²) in [5.74, 6) is 2.11. The molecule has 1 aromatic rings. The molecular weight excluding hydrogens is 262 g/mol. The van der Waals surface area contributed by atoms with Crippen molar-refractivity contribution in [3.8, 4) is 11.5 Å². The van der Waals surface area contributed by atoms with Crippen molar-refractivity contribution in [2.24, 2.45) is 5.92 Å². The lowest BCUT2D eigenvalue weighted by molar-refractivity contribution is 0.311. The van der Waals surface area contributed by atoms with Crippen LogP contribution in [0.5, 0.6) is 11.5 Å². The molecule has 1 aromatic carbocycles. The average molecular weight is 291 g/mol. The van der Waals surface area contributed by atoms with E-state index < -0.39 is 0 Å². The number of benzene rings is 1. The molecule has 0 bridgehead atoms. The van der Waals surface area contributed by atoms with Gasteiger partial charge in [0.2, 0.25) is 0 Å². The highest BCUT2D eigenvalue weighted by atomic mass is 16.5. The highest BCUT2D eigenvalue weighted by Crippen LogP contribution is 2.29. The molecule has 0 saturated carbocycles. The van der Waals surface area contributed by atoms with Crippen molar-refractivity contribution >= 4 is 6.08 Å². The summed E-state index contributed by atoms with van der Waals surface area (Å²) < 4.78 is 11.0. The molecule has 0 radical (unpaired) electrons. The van der Waals surface area contributed by atoms with Gasteiger partial charge < -0.3 is 14.8 Å². The van der Waals surface area contributed by atoms with E-state index in [-0.39, 0.29) is 0 Å². The van der Waals surface area contributed by atoms with Crippen LogP contribution in [0, 0.1) is 5.92 Å². The smallest absolute Gasteiger partial charge is 0.161 e. The highest BCUT2D eigenvalue weighted by Gasteiger charge is 2.07. The number of nitrogens with one attached hydrogen (secondary N) is 1. The first kappa shape index (κ1) is 17.6. The molecule has 0 unspecified atom stereocenters. The van der Waals surface area contributed by atoms with E-state index in [1.807, 2.05) is 19.1 Å². The van der Waals surface area contributed by atoms with Gasteiger partial charge in [-0.1, -0.05) is 38.5 Å². The van der Waals surface area contributed by atoms with Gasteiger partial charge >= 0.3 is 0 Å². The first-order chi connectivity index (χ1) is 10.1. The molecule has 1 rings (SSSR count). The summed E-state index contributed by atoms with van der Waals surface area (Å²) in [4.78, 5) is 0. The Morgan fingerprint density at radius 1 is 1.24 bits per heavy atom. The third-order valence-corrected chi connectivity index (χ3v) is 3.34. The summed E-state index contributed by atoms with van der Waals surface area (Å²) in [6.07, 6.45) is 3.40. The van der Waals surface area contributed by atoms with E-state index in [0.717, 1.165) is 36.6 Å². The number of methoxy groups -OCH3 is 1. The Balaban J connectivity index is 2.95. The minimum Gasteiger partial charge on any atom is -0.493 e. The molecule has 0 heterocycles. The van der Waals surface area contributed by atoms with Crippen LogP contribution in [0.4, 0.5) is 0 Å². The van der Waals surface area contributed by atoms with E-state index in [2.05, 4.69) is 38.2 Å². The monoisotopic (exact) mass is 291 g/mol. The molecule has 0 amide bonds. The topological polar surface area (TPSA) is 30.5 Å². The fourth-order valence-corrected chi connectivity index (χ4v) is 2.10. The van der Waals surface area contributed by atoms with Crippen molar-refractivity contribution in [1.82, 2.24) is 5.32 Å². The minimum atomic E-state index is 0.520. The third kappa shape index (κ3) is 5.80. The fraction of sp³-hybridized carbons (Fsp3) is 0.556. The zero-order chi connectivity index (χ0) is 15.7. The van der Waals surface area contributed by atoms with Crippen LogP contribution < -0.4 is 14.8 Å². The Labute approximate surface area is 129 Å². The van der Waals surface area contributed by atoms with E-state index in [0.29, 0.717) is 12.5 Å². The molecule has 1 N–H and O–H groups in total. The normalized spacial score (nSPS) is 11.8. The summed E-state index contributed by atoms with van der Waals surface area (Å²) in [5, 5.41) is 3.47. The molecule has 0 atom stereocenters. The largest absolute Gasteiger partial charge is 0.493 e. The van der Waals surface area contributed by atoms with Crippen LogP contribution in [0.25, 0.3) is 6.08 Å². The van der Waals surface area contributed by atoms with E-state index in [1.165, 1.54) is 5.57 Å². The quantitative estimate of drug-likeness (QED) is 0.694. The van der Waals surface area contributed by atoms with Gasteiger partial charge in [0.05, 0.1) is 13.7 Å². The van der Waals surface area contributed by atoms with Crippen molar-refractivity contribution in [2.75, 3.05) is 26.8 Å².